The van der Waals surface area contributed by atoms with Crippen LogP contribution in [0.3, 0.4) is 0 Å². The number of carbonyl (C=O) groups is 1. The second kappa shape index (κ2) is 10.00. The fraction of sp³-hybridized carbons (Fsp3) is 0.538. The molecule has 1 fully saturated rings. The molecule has 1 saturated heterocycles. The van der Waals surface area contributed by atoms with E-state index < -0.39 is 0 Å². The zero-order chi connectivity index (χ0) is 23.5. The molecule has 0 bridgehead atoms. The van der Waals surface area contributed by atoms with Crippen LogP contribution in [0.5, 0.6) is 11.5 Å². The molecule has 2 atom stereocenters. The summed E-state index contributed by atoms with van der Waals surface area (Å²) in [7, 11) is 1.63. The Morgan fingerprint density at radius 1 is 1.27 bits per heavy atom. The number of Topliss-reactive ketones (excluding diaryl/α,β-unsaturated/α-hetero) is 1. The third-order valence-electron chi connectivity index (χ3n) is 6.75. The Morgan fingerprint density at radius 3 is 2.79 bits per heavy atom. The summed E-state index contributed by atoms with van der Waals surface area (Å²) in [6.45, 7) is 8.98. The molecule has 0 spiro atoms. The van der Waals surface area contributed by atoms with Crippen molar-refractivity contribution in [2.24, 2.45) is 11.8 Å². The van der Waals surface area contributed by atoms with Crippen LogP contribution in [0.15, 0.2) is 24.3 Å². The molecule has 2 aliphatic heterocycles. The summed E-state index contributed by atoms with van der Waals surface area (Å²) in [5.41, 5.74) is 10.3. The molecule has 2 aliphatic rings. The third kappa shape index (κ3) is 5.08. The zero-order valence-corrected chi connectivity index (χ0v) is 20.1. The number of rotatable bonds is 8. The second-order valence-corrected chi connectivity index (χ2v) is 9.51. The number of hydrogen-bond acceptors (Lipinski definition) is 7. The SMILES string of the molecule is COCCC(=O)CC1CCN(c2nc(C(C)C)c(-c3ccc4c(c3)OCO4)cc2N)CC1C. The van der Waals surface area contributed by atoms with Gasteiger partial charge in [-0.2, -0.15) is 0 Å². The number of anilines is 2. The van der Waals surface area contributed by atoms with Crippen LogP contribution >= 0.6 is 0 Å². The van der Waals surface area contributed by atoms with Crippen molar-refractivity contribution in [3.8, 4) is 22.6 Å². The number of pyridine rings is 1. The molecule has 0 amide bonds. The van der Waals surface area contributed by atoms with E-state index in [1.54, 1.807) is 7.11 Å². The molecule has 2 aromatic rings. The first-order valence-electron chi connectivity index (χ1n) is 11.8. The maximum atomic E-state index is 12.2. The number of fused-ring (bicyclic) bond motifs is 1. The van der Waals surface area contributed by atoms with Gasteiger partial charge in [-0.3, -0.25) is 4.79 Å². The van der Waals surface area contributed by atoms with Gasteiger partial charge in [0.2, 0.25) is 6.79 Å². The first-order chi connectivity index (χ1) is 15.9. The second-order valence-electron chi connectivity index (χ2n) is 9.51. The van der Waals surface area contributed by atoms with Gasteiger partial charge in [-0.05, 0) is 47.9 Å². The molecule has 4 rings (SSSR count). The van der Waals surface area contributed by atoms with Crippen molar-refractivity contribution in [2.75, 3.05) is 44.2 Å². The minimum atomic E-state index is 0.234. The number of nitrogen functional groups attached to an aromatic ring is 1. The van der Waals surface area contributed by atoms with Crippen LogP contribution in [0.2, 0.25) is 0 Å². The largest absolute Gasteiger partial charge is 0.454 e. The van der Waals surface area contributed by atoms with Gasteiger partial charge in [0.05, 0.1) is 18.0 Å². The summed E-state index contributed by atoms with van der Waals surface area (Å²) in [5.74, 6) is 3.67. The minimum absolute atomic E-state index is 0.234. The summed E-state index contributed by atoms with van der Waals surface area (Å²) < 4.78 is 16.1. The summed E-state index contributed by atoms with van der Waals surface area (Å²) >= 11 is 0. The maximum absolute atomic E-state index is 12.2. The van der Waals surface area contributed by atoms with Gasteiger partial charge in [-0.1, -0.05) is 26.8 Å². The lowest BCUT2D eigenvalue weighted by Gasteiger charge is -2.38. The van der Waals surface area contributed by atoms with E-state index in [1.165, 1.54) is 0 Å². The third-order valence-corrected chi connectivity index (χ3v) is 6.75. The van der Waals surface area contributed by atoms with Gasteiger partial charge in [-0.15, -0.1) is 0 Å². The van der Waals surface area contributed by atoms with Crippen LogP contribution in [-0.4, -0.2) is 44.4 Å². The number of aromatic nitrogens is 1. The lowest BCUT2D eigenvalue weighted by Crippen LogP contribution is -2.41. The lowest BCUT2D eigenvalue weighted by molar-refractivity contribution is -0.121. The molecular formula is C26H35N3O4. The van der Waals surface area contributed by atoms with E-state index in [9.17, 15) is 4.79 Å². The van der Waals surface area contributed by atoms with E-state index >= 15 is 0 Å². The van der Waals surface area contributed by atoms with Crippen molar-refractivity contribution in [1.29, 1.82) is 0 Å². The van der Waals surface area contributed by atoms with Crippen LogP contribution in [0.4, 0.5) is 11.5 Å². The van der Waals surface area contributed by atoms with Crippen LogP contribution in [0.25, 0.3) is 11.1 Å². The quantitative estimate of drug-likeness (QED) is 0.623. The highest BCUT2D eigenvalue weighted by molar-refractivity contribution is 5.79. The average Bonchev–Trinajstić information content (AvgIpc) is 3.26. The number of nitrogens with zero attached hydrogens (tertiary/aromatic N) is 2. The number of methoxy groups -OCH3 is 1. The van der Waals surface area contributed by atoms with Gasteiger partial charge in [0.15, 0.2) is 17.3 Å². The number of ether oxygens (including phenoxy) is 3. The van der Waals surface area contributed by atoms with Crippen molar-refractivity contribution in [3.05, 3.63) is 30.0 Å². The van der Waals surface area contributed by atoms with E-state index in [1.807, 2.05) is 24.3 Å². The molecule has 33 heavy (non-hydrogen) atoms. The highest BCUT2D eigenvalue weighted by atomic mass is 16.7. The molecule has 0 radical (unpaired) electrons. The Labute approximate surface area is 196 Å². The number of nitrogens with two attached hydrogens (primary N) is 1. The van der Waals surface area contributed by atoms with E-state index in [-0.39, 0.29) is 18.5 Å². The van der Waals surface area contributed by atoms with Crippen LogP contribution < -0.4 is 20.1 Å². The fourth-order valence-corrected chi connectivity index (χ4v) is 4.82. The Hall–Kier alpha value is -2.80. The lowest BCUT2D eigenvalue weighted by atomic mass is 9.83. The highest BCUT2D eigenvalue weighted by Crippen LogP contribution is 2.40. The Balaban J connectivity index is 1.54. The van der Waals surface area contributed by atoms with Crippen LogP contribution in [0, 0.1) is 11.8 Å². The van der Waals surface area contributed by atoms with Gasteiger partial charge < -0.3 is 24.8 Å². The van der Waals surface area contributed by atoms with Crippen molar-refractivity contribution >= 4 is 17.3 Å². The Bertz CT molecular complexity index is 1010. The monoisotopic (exact) mass is 453 g/mol. The maximum Gasteiger partial charge on any atom is 0.231 e. The molecule has 7 nitrogen and oxygen atoms in total. The standard InChI is InChI=1S/C26H35N3O4/c1-16(2)25-21(19-5-6-23-24(12-19)33-15-32-23)13-22(27)26(28-25)29-9-7-18(17(3)14-29)11-20(30)8-10-31-4/h5-6,12-13,16-18H,7-11,14-15,27H2,1-4H3. The molecule has 0 aliphatic carbocycles. The molecule has 2 unspecified atom stereocenters. The molecule has 1 aromatic carbocycles. The molecular weight excluding hydrogens is 418 g/mol. The highest BCUT2D eigenvalue weighted by Gasteiger charge is 2.30. The Morgan fingerprint density at radius 2 is 2.06 bits per heavy atom. The van der Waals surface area contributed by atoms with Crippen molar-refractivity contribution < 1.29 is 19.0 Å². The minimum Gasteiger partial charge on any atom is -0.454 e. The molecule has 178 valence electrons. The van der Waals surface area contributed by atoms with Gasteiger partial charge in [-0.25, -0.2) is 4.98 Å². The van der Waals surface area contributed by atoms with Crippen molar-refractivity contribution in [3.63, 3.8) is 0 Å². The molecule has 7 heteroatoms. The summed E-state index contributed by atoms with van der Waals surface area (Å²) in [6, 6.07) is 8.01. The first-order valence-corrected chi connectivity index (χ1v) is 11.8. The topological polar surface area (TPSA) is 86.9 Å². The van der Waals surface area contributed by atoms with Crippen molar-refractivity contribution in [1.82, 2.24) is 4.98 Å². The number of benzene rings is 1. The van der Waals surface area contributed by atoms with Crippen molar-refractivity contribution in [2.45, 2.75) is 46.0 Å². The first kappa shape index (κ1) is 23.4. The van der Waals surface area contributed by atoms with E-state index in [2.05, 4.69) is 25.7 Å². The normalized spacial score (nSPS) is 19.8. The molecule has 2 N–H and O–H groups in total. The smallest absolute Gasteiger partial charge is 0.231 e. The Kier molecular flexibility index (Phi) is 7.08. The van der Waals surface area contributed by atoms with Crippen LogP contribution in [0.1, 0.15) is 51.6 Å². The average molecular weight is 454 g/mol. The predicted molar refractivity (Wildman–Crippen MR) is 130 cm³/mol. The van der Waals surface area contributed by atoms with Gasteiger partial charge in [0.1, 0.15) is 5.78 Å². The fourth-order valence-electron chi connectivity index (χ4n) is 4.82. The van der Waals surface area contributed by atoms with Gasteiger partial charge in [0.25, 0.3) is 0 Å². The molecule has 1 aromatic heterocycles. The number of carbonyl (C=O) groups excluding carboxylic acids is 1. The van der Waals surface area contributed by atoms with Gasteiger partial charge >= 0.3 is 0 Å². The molecule has 0 saturated carbocycles. The van der Waals surface area contributed by atoms with Gasteiger partial charge in [0, 0.05) is 38.6 Å². The number of hydrogen-bond donors (Lipinski definition) is 1. The van der Waals surface area contributed by atoms with Crippen LogP contribution in [-0.2, 0) is 9.53 Å². The predicted octanol–water partition coefficient (Wildman–Crippen LogP) is 4.64. The summed E-state index contributed by atoms with van der Waals surface area (Å²) in [6.07, 6.45) is 2.08. The van der Waals surface area contributed by atoms with E-state index in [0.717, 1.165) is 53.6 Å². The summed E-state index contributed by atoms with van der Waals surface area (Å²) in [4.78, 5) is 19.6. The zero-order valence-electron chi connectivity index (χ0n) is 20.1. The number of ketones is 1. The number of piperidine rings is 1. The summed E-state index contributed by atoms with van der Waals surface area (Å²) in [5, 5.41) is 0. The molecule has 3 heterocycles. The van der Waals surface area contributed by atoms with E-state index in [4.69, 9.17) is 24.9 Å². The van der Waals surface area contributed by atoms with E-state index in [0.29, 0.717) is 37.0 Å².